The van der Waals surface area contributed by atoms with Gasteiger partial charge < -0.3 is 19.5 Å². The van der Waals surface area contributed by atoms with Gasteiger partial charge in [-0.25, -0.2) is 4.98 Å². The van der Waals surface area contributed by atoms with E-state index in [9.17, 15) is 5.11 Å². The van der Waals surface area contributed by atoms with Crippen molar-refractivity contribution >= 4 is 16.6 Å². The van der Waals surface area contributed by atoms with Gasteiger partial charge in [0.1, 0.15) is 5.82 Å². The number of aliphatic hydroxyl groups is 1. The van der Waals surface area contributed by atoms with Crippen molar-refractivity contribution in [2.45, 2.75) is 0 Å². The zero-order valence-electron chi connectivity index (χ0n) is 11.1. The SMILES string of the molecule is C=CCN(CCO)c1nccc2cc3c(cc12)OCO3. The monoisotopic (exact) mass is 272 g/mol. The van der Waals surface area contributed by atoms with Crippen molar-refractivity contribution in [3.63, 3.8) is 0 Å². The Labute approximate surface area is 117 Å². The van der Waals surface area contributed by atoms with E-state index in [0.29, 0.717) is 13.1 Å². The lowest BCUT2D eigenvalue weighted by Crippen LogP contribution is -2.27. The second kappa shape index (κ2) is 5.38. The van der Waals surface area contributed by atoms with Crippen LogP contribution in [0.3, 0.4) is 0 Å². The molecule has 20 heavy (non-hydrogen) atoms. The van der Waals surface area contributed by atoms with Gasteiger partial charge in [-0.05, 0) is 23.6 Å². The molecule has 1 N–H and O–H groups in total. The highest BCUT2D eigenvalue weighted by Crippen LogP contribution is 2.38. The van der Waals surface area contributed by atoms with E-state index in [4.69, 9.17) is 9.47 Å². The van der Waals surface area contributed by atoms with Crippen LogP contribution in [0.25, 0.3) is 10.8 Å². The molecule has 0 aliphatic carbocycles. The summed E-state index contributed by atoms with van der Waals surface area (Å²) in [5.74, 6) is 2.30. The Kier molecular flexibility index (Phi) is 3.43. The number of pyridine rings is 1. The second-order valence-electron chi connectivity index (χ2n) is 4.52. The van der Waals surface area contributed by atoms with Crippen LogP contribution in [0.1, 0.15) is 0 Å². The number of aromatic nitrogens is 1. The molecule has 0 spiro atoms. The van der Waals surface area contributed by atoms with Gasteiger partial charge in [0.25, 0.3) is 0 Å². The quantitative estimate of drug-likeness (QED) is 0.843. The van der Waals surface area contributed by atoms with E-state index in [2.05, 4.69) is 11.6 Å². The summed E-state index contributed by atoms with van der Waals surface area (Å²) in [6.07, 6.45) is 3.55. The number of nitrogens with zero attached hydrogens (tertiary/aromatic N) is 2. The van der Waals surface area contributed by atoms with Crippen LogP contribution >= 0.6 is 0 Å². The molecule has 2 heterocycles. The number of hydrogen-bond donors (Lipinski definition) is 1. The first-order valence-electron chi connectivity index (χ1n) is 6.48. The first-order valence-corrected chi connectivity index (χ1v) is 6.48. The molecule has 1 aliphatic rings. The summed E-state index contributed by atoms with van der Waals surface area (Å²) in [4.78, 5) is 6.42. The van der Waals surface area contributed by atoms with Gasteiger partial charge in [-0.1, -0.05) is 6.08 Å². The molecule has 2 aromatic rings. The molecule has 1 aromatic carbocycles. The Bertz CT molecular complexity index is 642. The summed E-state index contributed by atoms with van der Waals surface area (Å²) < 4.78 is 10.8. The first-order chi connectivity index (χ1) is 9.83. The van der Waals surface area contributed by atoms with Gasteiger partial charge in [-0.3, -0.25) is 0 Å². The minimum Gasteiger partial charge on any atom is -0.454 e. The first kappa shape index (κ1) is 12.7. The van der Waals surface area contributed by atoms with Crippen LogP contribution in [0, 0.1) is 0 Å². The lowest BCUT2D eigenvalue weighted by molar-refractivity contribution is 0.174. The van der Waals surface area contributed by atoms with Crippen molar-refractivity contribution < 1.29 is 14.6 Å². The summed E-state index contributed by atoms with van der Waals surface area (Å²) in [5, 5.41) is 11.2. The van der Waals surface area contributed by atoms with E-state index >= 15 is 0 Å². The number of rotatable bonds is 5. The molecule has 0 saturated carbocycles. The van der Waals surface area contributed by atoms with Crippen LogP contribution < -0.4 is 14.4 Å². The molecule has 0 radical (unpaired) electrons. The molecule has 5 nitrogen and oxygen atoms in total. The lowest BCUT2D eigenvalue weighted by Gasteiger charge is -2.22. The molecular formula is C15H16N2O3. The molecule has 0 fully saturated rings. The highest BCUT2D eigenvalue weighted by molar-refractivity contribution is 5.94. The van der Waals surface area contributed by atoms with Crippen LogP contribution in [-0.4, -0.2) is 36.6 Å². The average molecular weight is 272 g/mol. The lowest BCUT2D eigenvalue weighted by atomic mass is 10.1. The third kappa shape index (κ3) is 2.16. The molecule has 1 aliphatic heterocycles. The number of fused-ring (bicyclic) bond motifs is 2. The molecular weight excluding hydrogens is 256 g/mol. The maximum atomic E-state index is 9.20. The zero-order valence-corrected chi connectivity index (χ0v) is 11.1. The Hall–Kier alpha value is -2.27. The highest BCUT2D eigenvalue weighted by Gasteiger charge is 2.17. The van der Waals surface area contributed by atoms with Gasteiger partial charge in [0.05, 0.1) is 6.61 Å². The Morgan fingerprint density at radius 1 is 1.35 bits per heavy atom. The largest absolute Gasteiger partial charge is 0.454 e. The van der Waals surface area contributed by atoms with Crippen molar-refractivity contribution in [2.75, 3.05) is 31.4 Å². The highest BCUT2D eigenvalue weighted by atomic mass is 16.7. The van der Waals surface area contributed by atoms with Crippen LogP contribution in [0.5, 0.6) is 11.5 Å². The Morgan fingerprint density at radius 3 is 2.90 bits per heavy atom. The Balaban J connectivity index is 2.12. The molecule has 0 atom stereocenters. The van der Waals surface area contributed by atoms with Gasteiger partial charge in [0.15, 0.2) is 11.5 Å². The van der Waals surface area contributed by atoms with E-state index in [1.807, 2.05) is 23.1 Å². The summed E-state index contributed by atoms with van der Waals surface area (Å²) in [6.45, 7) is 5.20. The van der Waals surface area contributed by atoms with Gasteiger partial charge in [0.2, 0.25) is 6.79 Å². The Morgan fingerprint density at radius 2 is 2.15 bits per heavy atom. The van der Waals surface area contributed by atoms with Gasteiger partial charge >= 0.3 is 0 Å². The minimum absolute atomic E-state index is 0.0659. The second-order valence-corrected chi connectivity index (χ2v) is 4.52. The molecule has 0 unspecified atom stereocenters. The smallest absolute Gasteiger partial charge is 0.231 e. The zero-order chi connectivity index (χ0) is 13.9. The normalized spacial score (nSPS) is 12.7. The van der Waals surface area contributed by atoms with Crippen molar-refractivity contribution in [2.24, 2.45) is 0 Å². The summed E-state index contributed by atoms with van der Waals surface area (Å²) in [5.41, 5.74) is 0. The standard InChI is InChI=1S/C15H16N2O3/c1-2-5-17(6-7-18)15-12-9-14-13(19-10-20-14)8-11(12)3-4-16-15/h2-4,8-9,18H,1,5-7,10H2. The van der Waals surface area contributed by atoms with Crippen LogP contribution in [0.2, 0.25) is 0 Å². The number of benzene rings is 1. The number of aliphatic hydroxyl groups excluding tert-OH is 1. The van der Waals surface area contributed by atoms with Crippen LogP contribution in [-0.2, 0) is 0 Å². The van der Waals surface area contributed by atoms with Crippen LogP contribution in [0.4, 0.5) is 5.82 Å². The fourth-order valence-corrected chi connectivity index (χ4v) is 2.36. The van der Waals surface area contributed by atoms with E-state index in [0.717, 1.165) is 28.1 Å². The molecule has 1 aromatic heterocycles. The third-order valence-electron chi connectivity index (χ3n) is 3.26. The summed E-state index contributed by atoms with van der Waals surface area (Å²) in [6, 6.07) is 5.83. The number of anilines is 1. The topological polar surface area (TPSA) is 54.8 Å². The fraction of sp³-hybridized carbons (Fsp3) is 0.267. The molecule has 0 bridgehead atoms. The van der Waals surface area contributed by atoms with E-state index in [-0.39, 0.29) is 13.4 Å². The summed E-state index contributed by atoms with van der Waals surface area (Å²) >= 11 is 0. The van der Waals surface area contributed by atoms with E-state index < -0.39 is 0 Å². The molecule has 3 rings (SSSR count). The predicted octanol–water partition coefficient (Wildman–Crippen LogP) is 1.95. The van der Waals surface area contributed by atoms with Gasteiger partial charge in [-0.15, -0.1) is 6.58 Å². The number of hydrogen-bond acceptors (Lipinski definition) is 5. The molecule has 5 heteroatoms. The number of ether oxygens (including phenoxy) is 2. The van der Waals surface area contributed by atoms with Crippen LogP contribution in [0.15, 0.2) is 37.1 Å². The molecule has 0 amide bonds. The summed E-state index contributed by atoms with van der Waals surface area (Å²) in [7, 11) is 0. The van der Waals surface area contributed by atoms with E-state index in [1.165, 1.54) is 0 Å². The maximum Gasteiger partial charge on any atom is 0.231 e. The van der Waals surface area contributed by atoms with Crippen molar-refractivity contribution in [1.29, 1.82) is 0 Å². The predicted molar refractivity (Wildman–Crippen MR) is 77.4 cm³/mol. The van der Waals surface area contributed by atoms with Gasteiger partial charge in [-0.2, -0.15) is 0 Å². The minimum atomic E-state index is 0.0659. The maximum absolute atomic E-state index is 9.20. The van der Waals surface area contributed by atoms with Crippen molar-refractivity contribution in [3.8, 4) is 11.5 Å². The van der Waals surface area contributed by atoms with Gasteiger partial charge in [0, 0.05) is 24.7 Å². The third-order valence-corrected chi connectivity index (χ3v) is 3.26. The average Bonchev–Trinajstić information content (AvgIpc) is 2.91. The van der Waals surface area contributed by atoms with Crippen molar-refractivity contribution in [3.05, 3.63) is 37.1 Å². The van der Waals surface area contributed by atoms with E-state index in [1.54, 1.807) is 12.3 Å². The fourth-order valence-electron chi connectivity index (χ4n) is 2.36. The molecule has 104 valence electrons. The van der Waals surface area contributed by atoms with Crippen molar-refractivity contribution in [1.82, 2.24) is 4.98 Å². The molecule has 0 saturated heterocycles.